The van der Waals surface area contributed by atoms with Gasteiger partial charge < -0.3 is 5.32 Å². The van der Waals surface area contributed by atoms with Crippen molar-refractivity contribution in [2.24, 2.45) is 0 Å². The lowest BCUT2D eigenvalue weighted by Crippen LogP contribution is -2.22. The van der Waals surface area contributed by atoms with Crippen LogP contribution in [0, 0.1) is 11.3 Å². The fourth-order valence-electron chi connectivity index (χ4n) is 2.12. The number of aromatic nitrogens is 1. The van der Waals surface area contributed by atoms with E-state index in [0.717, 1.165) is 12.8 Å². The highest BCUT2D eigenvalue weighted by Crippen LogP contribution is 2.42. The number of halogens is 3. The van der Waals surface area contributed by atoms with Gasteiger partial charge in [-0.25, -0.2) is 0 Å². The van der Waals surface area contributed by atoms with Gasteiger partial charge in [-0.3, -0.25) is 0 Å². The molecular weight excluding hydrogens is 313 g/mol. The topological polar surface area (TPSA) is 48.7 Å². The summed E-state index contributed by atoms with van der Waals surface area (Å²) >= 11 is 18.6. The molecule has 1 heterocycles. The molecule has 1 aromatic rings. The van der Waals surface area contributed by atoms with Crippen LogP contribution in [0.2, 0.25) is 0 Å². The molecule has 2 rings (SSSR count). The molecule has 0 saturated heterocycles. The molecule has 0 amide bonds. The molecule has 0 unspecified atom stereocenters. The molecule has 18 heavy (non-hydrogen) atoms. The van der Waals surface area contributed by atoms with Crippen molar-refractivity contribution in [3.8, 4) is 6.07 Å². The molecule has 0 aliphatic heterocycles. The summed E-state index contributed by atoms with van der Waals surface area (Å²) in [4.78, 5) is 0. The predicted octanol–water partition coefficient (Wildman–Crippen LogP) is 4.59. The third kappa shape index (κ3) is 3.21. The Hall–Kier alpha value is -0.210. The van der Waals surface area contributed by atoms with Gasteiger partial charge in [0.25, 0.3) is 0 Å². The van der Waals surface area contributed by atoms with Crippen LogP contribution in [0.1, 0.15) is 43.4 Å². The predicted molar refractivity (Wildman–Crippen MR) is 76.6 cm³/mol. The van der Waals surface area contributed by atoms with Gasteiger partial charge in [0.15, 0.2) is 0 Å². The maximum absolute atomic E-state index is 9.18. The average Bonchev–Trinajstić information content (AvgIpc) is 2.73. The lowest BCUT2D eigenvalue weighted by atomic mass is 9.95. The zero-order chi connectivity index (χ0) is 13.2. The minimum absolute atomic E-state index is 0.221. The van der Waals surface area contributed by atoms with Gasteiger partial charge in [-0.15, -0.1) is 0 Å². The van der Waals surface area contributed by atoms with E-state index in [4.69, 9.17) is 34.8 Å². The third-order valence-corrected chi connectivity index (χ3v) is 4.33. The quantitative estimate of drug-likeness (QED) is 0.810. The van der Waals surface area contributed by atoms with Gasteiger partial charge >= 0.3 is 0 Å². The van der Waals surface area contributed by atoms with Crippen LogP contribution in [0.25, 0.3) is 0 Å². The molecular formula is C11H12Cl3N3S. The lowest BCUT2D eigenvalue weighted by Gasteiger charge is -2.22. The first-order valence-corrected chi connectivity index (χ1v) is 7.66. The Bertz CT molecular complexity index is 455. The van der Waals surface area contributed by atoms with Gasteiger partial charge in [-0.05, 0) is 24.4 Å². The summed E-state index contributed by atoms with van der Waals surface area (Å²) in [6.45, 7) is 0. The van der Waals surface area contributed by atoms with Crippen LogP contribution in [0.3, 0.4) is 0 Å². The molecule has 1 N–H and O–H groups in total. The number of alkyl halides is 3. The van der Waals surface area contributed by atoms with Crippen molar-refractivity contribution < 1.29 is 0 Å². The molecule has 1 aromatic heterocycles. The van der Waals surface area contributed by atoms with Crippen LogP contribution >= 0.6 is 46.3 Å². The Morgan fingerprint density at radius 1 is 1.28 bits per heavy atom. The molecule has 1 aliphatic rings. The molecule has 1 saturated carbocycles. The molecule has 1 aliphatic carbocycles. The van der Waals surface area contributed by atoms with Crippen molar-refractivity contribution in [3.63, 3.8) is 0 Å². The van der Waals surface area contributed by atoms with Crippen molar-refractivity contribution >= 4 is 51.3 Å². The van der Waals surface area contributed by atoms with E-state index in [0.29, 0.717) is 16.6 Å². The molecule has 0 bridgehead atoms. The minimum atomic E-state index is -1.64. The highest BCUT2D eigenvalue weighted by molar-refractivity contribution is 7.10. The highest BCUT2D eigenvalue weighted by atomic mass is 35.6. The van der Waals surface area contributed by atoms with E-state index in [-0.39, 0.29) is 5.69 Å². The summed E-state index contributed by atoms with van der Waals surface area (Å²) < 4.78 is 2.44. The van der Waals surface area contributed by atoms with Crippen LogP contribution in [-0.2, 0) is 3.79 Å². The Morgan fingerprint density at radius 3 is 2.50 bits per heavy atom. The summed E-state index contributed by atoms with van der Waals surface area (Å²) in [7, 11) is 0. The SMILES string of the molecule is N#Cc1c(C(Cl)(Cl)Cl)nsc1NC1CCCCC1. The number of anilines is 1. The van der Waals surface area contributed by atoms with E-state index >= 15 is 0 Å². The number of nitrogens with zero attached hydrogens (tertiary/aromatic N) is 2. The largest absolute Gasteiger partial charge is 0.372 e. The monoisotopic (exact) mass is 323 g/mol. The number of rotatable bonds is 2. The second-order valence-electron chi connectivity index (χ2n) is 4.32. The van der Waals surface area contributed by atoms with Crippen molar-refractivity contribution in [1.29, 1.82) is 5.26 Å². The first-order chi connectivity index (χ1) is 8.52. The molecule has 0 atom stereocenters. The Morgan fingerprint density at radius 2 is 1.94 bits per heavy atom. The summed E-state index contributed by atoms with van der Waals surface area (Å²) in [5, 5.41) is 13.2. The van der Waals surface area contributed by atoms with Gasteiger partial charge in [0.1, 0.15) is 22.3 Å². The first-order valence-electron chi connectivity index (χ1n) is 5.76. The van der Waals surface area contributed by atoms with Crippen molar-refractivity contribution in [3.05, 3.63) is 11.3 Å². The second kappa shape index (κ2) is 5.83. The van der Waals surface area contributed by atoms with Crippen LogP contribution in [0.15, 0.2) is 0 Å². The maximum Gasteiger partial charge on any atom is 0.235 e. The first kappa shape index (κ1) is 14.2. The summed E-state index contributed by atoms with van der Waals surface area (Å²) in [6.07, 6.45) is 5.95. The minimum Gasteiger partial charge on any atom is -0.372 e. The standard InChI is InChI=1S/C11H12Cl3N3S/c12-11(13,14)9-8(6-15)10(18-17-9)16-7-4-2-1-3-5-7/h7,16H,1-5H2. The van der Waals surface area contributed by atoms with Gasteiger partial charge in [0.05, 0.1) is 0 Å². The molecule has 98 valence electrons. The van der Waals surface area contributed by atoms with Crippen LogP contribution in [-0.4, -0.2) is 10.4 Å². The zero-order valence-corrected chi connectivity index (χ0v) is 12.6. The summed E-state index contributed by atoms with van der Waals surface area (Å²) in [5.41, 5.74) is 0.573. The van der Waals surface area contributed by atoms with Crippen molar-refractivity contribution in [2.45, 2.75) is 41.9 Å². The fourth-order valence-corrected chi connectivity index (χ4v) is 3.54. The molecule has 1 fully saturated rings. The Kier molecular flexibility index (Phi) is 4.60. The fraction of sp³-hybridized carbons (Fsp3) is 0.636. The molecule has 0 aromatic carbocycles. The highest BCUT2D eigenvalue weighted by Gasteiger charge is 2.32. The second-order valence-corrected chi connectivity index (χ2v) is 7.38. The van der Waals surface area contributed by atoms with Gasteiger partial charge in [-0.2, -0.15) is 9.64 Å². The van der Waals surface area contributed by atoms with E-state index in [9.17, 15) is 5.26 Å². The van der Waals surface area contributed by atoms with Gasteiger partial charge in [0.2, 0.25) is 3.79 Å². The van der Waals surface area contributed by atoms with Crippen LogP contribution < -0.4 is 5.32 Å². The average molecular weight is 325 g/mol. The molecule has 3 nitrogen and oxygen atoms in total. The van der Waals surface area contributed by atoms with Crippen molar-refractivity contribution in [2.75, 3.05) is 5.32 Å². The Balaban J connectivity index is 2.18. The molecule has 0 radical (unpaired) electrons. The summed E-state index contributed by atoms with van der Waals surface area (Å²) in [6, 6.07) is 2.47. The van der Waals surface area contributed by atoms with E-state index in [2.05, 4.69) is 15.8 Å². The maximum atomic E-state index is 9.18. The third-order valence-electron chi connectivity index (χ3n) is 3.01. The van der Waals surface area contributed by atoms with E-state index in [1.54, 1.807) is 0 Å². The summed E-state index contributed by atoms with van der Waals surface area (Å²) in [5.74, 6) is 0. The number of hydrogen-bond donors (Lipinski definition) is 1. The normalized spacial score (nSPS) is 17.4. The van der Waals surface area contributed by atoms with Crippen LogP contribution in [0.4, 0.5) is 5.00 Å². The lowest BCUT2D eigenvalue weighted by molar-refractivity contribution is 0.463. The Labute approximate surface area is 125 Å². The zero-order valence-electron chi connectivity index (χ0n) is 9.55. The number of hydrogen-bond acceptors (Lipinski definition) is 4. The number of nitriles is 1. The molecule has 0 spiro atoms. The smallest absolute Gasteiger partial charge is 0.235 e. The van der Waals surface area contributed by atoms with Gasteiger partial charge in [-0.1, -0.05) is 54.1 Å². The van der Waals surface area contributed by atoms with Crippen molar-refractivity contribution in [1.82, 2.24) is 4.37 Å². The van der Waals surface area contributed by atoms with Crippen LogP contribution in [0.5, 0.6) is 0 Å². The van der Waals surface area contributed by atoms with Gasteiger partial charge in [0, 0.05) is 6.04 Å². The van der Waals surface area contributed by atoms with E-state index in [1.165, 1.54) is 30.8 Å². The number of nitrogens with one attached hydrogen (secondary N) is 1. The molecule has 7 heteroatoms. The van der Waals surface area contributed by atoms with E-state index in [1.807, 2.05) is 0 Å². The van der Waals surface area contributed by atoms with E-state index < -0.39 is 3.79 Å².